The Morgan fingerprint density at radius 3 is 2.58 bits per heavy atom. The Balaban J connectivity index is 1.47. The first-order valence-corrected chi connectivity index (χ1v) is 11.1. The van der Waals surface area contributed by atoms with Gasteiger partial charge in [0.25, 0.3) is 0 Å². The molecule has 0 radical (unpaired) electrons. The lowest BCUT2D eigenvalue weighted by Crippen LogP contribution is -2.36. The molecule has 8 nitrogen and oxygen atoms in total. The van der Waals surface area contributed by atoms with Gasteiger partial charge in [-0.25, -0.2) is 19.3 Å². The van der Waals surface area contributed by atoms with E-state index in [1.807, 2.05) is 18.5 Å². The van der Waals surface area contributed by atoms with Crippen molar-refractivity contribution in [3.63, 3.8) is 0 Å². The van der Waals surface area contributed by atoms with Crippen LogP contribution in [0.15, 0.2) is 59.7 Å². The Morgan fingerprint density at radius 1 is 1.09 bits per heavy atom. The monoisotopic (exact) mass is 447 g/mol. The molecule has 0 aliphatic carbocycles. The Kier molecular flexibility index (Phi) is 5.87. The predicted octanol–water partition coefficient (Wildman–Crippen LogP) is 4.57. The summed E-state index contributed by atoms with van der Waals surface area (Å²) in [5.74, 6) is 0.273. The van der Waals surface area contributed by atoms with Gasteiger partial charge in [0, 0.05) is 44.0 Å². The molecule has 170 valence electrons. The van der Waals surface area contributed by atoms with Gasteiger partial charge in [0.05, 0.1) is 29.5 Å². The normalized spacial score (nSPS) is 16.1. The molecular formula is C24H26FN7O. The van der Waals surface area contributed by atoms with Crippen LogP contribution in [-0.2, 0) is 0 Å². The van der Waals surface area contributed by atoms with Crippen molar-refractivity contribution in [3.8, 4) is 22.6 Å². The van der Waals surface area contributed by atoms with Gasteiger partial charge in [-0.3, -0.25) is 4.90 Å². The molecule has 33 heavy (non-hydrogen) atoms. The van der Waals surface area contributed by atoms with E-state index < -0.39 is 0 Å². The average Bonchev–Trinajstić information content (AvgIpc) is 3.55. The molecular weight excluding hydrogens is 421 g/mol. The van der Waals surface area contributed by atoms with Crippen LogP contribution < -0.4 is 5.32 Å². The van der Waals surface area contributed by atoms with E-state index in [1.165, 1.54) is 12.1 Å². The van der Waals surface area contributed by atoms with E-state index in [-0.39, 0.29) is 17.9 Å². The number of rotatable bonds is 6. The maximum atomic E-state index is 13.6. The second-order valence-electron chi connectivity index (χ2n) is 8.24. The zero-order valence-electron chi connectivity index (χ0n) is 18.6. The van der Waals surface area contributed by atoms with Gasteiger partial charge in [-0.05, 0) is 50.1 Å². The van der Waals surface area contributed by atoms with Crippen molar-refractivity contribution in [1.82, 2.24) is 29.6 Å². The summed E-state index contributed by atoms with van der Waals surface area (Å²) in [5.41, 5.74) is 4.30. The van der Waals surface area contributed by atoms with E-state index in [4.69, 9.17) is 9.51 Å². The molecule has 0 bridgehead atoms. The fraction of sp³-hybridized carbons (Fsp3) is 0.333. The smallest absolute Gasteiger partial charge is 0.222 e. The van der Waals surface area contributed by atoms with Crippen molar-refractivity contribution in [3.05, 3.63) is 66.7 Å². The summed E-state index contributed by atoms with van der Waals surface area (Å²) >= 11 is 0. The molecule has 1 aliphatic rings. The van der Waals surface area contributed by atoms with Crippen molar-refractivity contribution in [2.75, 3.05) is 25.5 Å². The number of imidazole rings is 1. The van der Waals surface area contributed by atoms with Gasteiger partial charge in [-0.1, -0.05) is 5.16 Å². The maximum Gasteiger partial charge on any atom is 0.222 e. The molecule has 0 amide bonds. The largest absolute Gasteiger partial charge is 0.364 e. The first kappa shape index (κ1) is 21.3. The minimum absolute atomic E-state index is 0.210. The highest BCUT2D eigenvalue weighted by atomic mass is 19.1. The SMILES string of the molecule is CNc1nccc(-c2c(-c3ccc(F)cc3)ncn2C2CCN(C(C)c3ccon3)CC2)n1. The van der Waals surface area contributed by atoms with E-state index in [9.17, 15) is 4.39 Å². The summed E-state index contributed by atoms with van der Waals surface area (Å²) in [4.78, 5) is 16.1. The molecule has 9 heteroatoms. The standard InChI is InChI=1S/C24H26FN7O/c1-16(20-10-14-33-30-20)31-12-8-19(9-13-31)32-15-28-22(17-3-5-18(25)6-4-17)23(32)21-7-11-27-24(26-2)29-21/h3-7,10-11,14-16,19H,8-9,12-13H2,1-2H3,(H,26,27,29). The third-order valence-electron chi connectivity index (χ3n) is 6.36. The van der Waals surface area contributed by atoms with Crippen LogP contribution in [0.3, 0.4) is 0 Å². The van der Waals surface area contributed by atoms with Crippen LogP contribution in [0, 0.1) is 5.82 Å². The lowest BCUT2D eigenvalue weighted by atomic mass is 10.0. The second-order valence-corrected chi connectivity index (χ2v) is 8.24. The first-order valence-electron chi connectivity index (χ1n) is 11.1. The molecule has 5 rings (SSSR count). The lowest BCUT2D eigenvalue weighted by molar-refractivity contribution is 0.139. The number of nitrogens with zero attached hydrogens (tertiary/aromatic N) is 6. The van der Waals surface area contributed by atoms with Gasteiger partial charge in [0.15, 0.2) is 0 Å². The van der Waals surface area contributed by atoms with Crippen LogP contribution in [0.2, 0.25) is 0 Å². The Bertz CT molecular complexity index is 1200. The minimum atomic E-state index is -0.271. The Hall–Kier alpha value is -3.59. The van der Waals surface area contributed by atoms with Crippen LogP contribution in [0.25, 0.3) is 22.6 Å². The number of aromatic nitrogens is 5. The van der Waals surface area contributed by atoms with Crippen LogP contribution in [0.5, 0.6) is 0 Å². The molecule has 1 N–H and O–H groups in total. The molecule has 1 fully saturated rings. The highest BCUT2D eigenvalue weighted by Crippen LogP contribution is 2.36. The van der Waals surface area contributed by atoms with Crippen molar-refractivity contribution in [2.24, 2.45) is 0 Å². The molecule has 0 saturated carbocycles. The summed E-state index contributed by atoms with van der Waals surface area (Å²) < 4.78 is 20.8. The molecule has 1 unspecified atom stereocenters. The predicted molar refractivity (Wildman–Crippen MR) is 123 cm³/mol. The number of nitrogens with one attached hydrogen (secondary N) is 1. The Labute approximate surface area is 191 Å². The molecule has 0 spiro atoms. The van der Waals surface area contributed by atoms with Gasteiger partial charge in [0.1, 0.15) is 17.8 Å². The number of benzene rings is 1. The molecule has 1 saturated heterocycles. The van der Waals surface area contributed by atoms with Gasteiger partial charge in [-0.15, -0.1) is 0 Å². The topological polar surface area (TPSA) is 84.9 Å². The van der Waals surface area contributed by atoms with Gasteiger partial charge in [0.2, 0.25) is 5.95 Å². The molecule has 4 aromatic rings. The zero-order chi connectivity index (χ0) is 22.8. The van der Waals surface area contributed by atoms with Crippen LogP contribution in [0.1, 0.15) is 37.5 Å². The number of likely N-dealkylation sites (tertiary alicyclic amines) is 1. The molecule has 1 atom stereocenters. The molecule has 1 aromatic carbocycles. The van der Waals surface area contributed by atoms with E-state index in [2.05, 4.69) is 36.8 Å². The summed E-state index contributed by atoms with van der Waals surface area (Å²) in [5, 5.41) is 7.11. The van der Waals surface area contributed by atoms with Crippen molar-refractivity contribution in [2.45, 2.75) is 31.8 Å². The Morgan fingerprint density at radius 2 is 1.88 bits per heavy atom. The quantitative estimate of drug-likeness (QED) is 0.463. The van der Waals surface area contributed by atoms with E-state index in [1.54, 1.807) is 31.6 Å². The van der Waals surface area contributed by atoms with Gasteiger partial charge >= 0.3 is 0 Å². The molecule has 3 aromatic heterocycles. The molecule has 1 aliphatic heterocycles. The van der Waals surface area contributed by atoms with Gasteiger partial charge in [-0.2, -0.15) is 0 Å². The van der Waals surface area contributed by atoms with E-state index in [0.717, 1.165) is 54.3 Å². The summed E-state index contributed by atoms with van der Waals surface area (Å²) in [6.45, 7) is 4.04. The minimum Gasteiger partial charge on any atom is -0.364 e. The average molecular weight is 448 g/mol. The lowest BCUT2D eigenvalue weighted by Gasteiger charge is -2.36. The number of anilines is 1. The number of piperidine rings is 1. The van der Waals surface area contributed by atoms with Crippen LogP contribution >= 0.6 is 0 Å². The number of halogens is 1. The van der Waals surface area contributed by atoms with Crippen molar-refractivity contribution < 1.29 is 8.91 Å². The summed E-state index contributed by atoms with van der Waals surface area (Å²) in [7, 11) is 1.79. The third kappa shape index (κ3) is 4.23. The van der Waals surface area contributed by atoms with E-state index in [0.29, 0.717) is 5.95 Å². The fourth-order valence-corrected chi connectivity index (χ4v) is 4.50. The van der Waals surface area contributed by atoms with E-state index >= 15 is 0 Å². The number of hydrogen-bond acceptors (Lipinski definition) is 7. The molecule has 4 heterocycles. The third-order valence-corrected chi connectivity index (χ3v) is 6.36. The van der Waals surface area contributed by atoms with Crippen LogP contribution in [0.4, 0.5) is 10.3 Å². The second kappa shape index (κ2) is 9.11. The highest BCUT2D eigenvalue weighted by Gasteiger charge is 2.28. The van der Waals surface area contributed by atoms with Crippen molar-refractivity contribution in [1.29, 1.82) is 0 Å². The zero-order valence-corrected chi connectivity index (χ0v) is 18.6. The maximum absolute atomic E-state index is 13.6. The summed E-state index contributed by atoms with van der Waals surface area (Å²) in [6, 6.07) is 10.7. The number of hydrogen-bond donors (Lipinski definition) is 1. The van der Waals surface area contributed by atoms with Crippen LogP contribution in [-0.4, -0.2) is 49.7 Å². The first-order chi connectivity index (χ1) is 16.1. The fourth-order valence-electron chi connectivity index (χ4n) is 4.50. The van der Waals surface area contributed by atoms with Gasteiger partial charge < -0.3 is 14.4 Å². The van der Waals surface area contributed by atoms with Crippen molar-refractivity contribution >= 4 is 5.95 Å². The highest BCUT2D eigenvalue weighted by molar-refractivity contribution is 5.77. The summed E-state index contributed by atoms with van der Waals surface area (Å²) in [6.07, 6.45) is 7.18.